The molecule has 2 heterocycles. The van der Waals surface area contributed by atoms with E-state index >= 15 is 0 Å². The highest BCUT2D eigenvalue weighted by molar-refractivity contribution is 7.88. The quantitative estimate of drug-likeness (QED) is 0.278. The Hall–Kier alpha value is -2.82. The van der Waals surface area contributed by atoms with Gasteiger partial charge in [-0.25, -0.2) is 0 Å². The van der Waals surface area contributed by atoms with Crippen molar-refractivity contribution in [3.8, 4) is 11.8 Å². The van der Waals surface area contributed by atoms with Crippen molar-refractivity contribution in [2.45, 2.75) is 50.2 Å². The molecule has 1 aromatic carbocycles. The molecule has 0 N–H and O–H groups in total. The predicted octanol–water partition coefficient (Wildman–Crippen LogP) is 4.15. The van der Waals surface area contributed by atoms with Gasteiger partial charge in [0, 0.05) is 6.54 Å². The normalized spacial score (nSPS) is 17.3. The van der Waals surface area contributed by atoms with Gasteiger partial charge in [0.1, 0.15) is 0 Å². The third-order valence-electron chi connectivity index (χ3n) is 5.19. The largest absolute Gasteiger partial charge is 0.534 e. The Balaban J connectivity index is 2.18. The van der Waals surface area contributed by atoms with Gasteiger partial charge >= 0.3 is 31.3 Å². The number of benzene rings is 1. The van der Waals surface area contributed by atoms with Crippen molar-refractivity contribution in [3.05, 3.63) is 41.0 Å². The Labute approximate surface area is 202 Å². The number of hydrogen-bond acceptors (Lipinski definition) is 9. The smallest absolute Gasteiger partial charge is 0.355 e. The Kier molecular flexibility index (Phi) is 7.38. The van der Waals surface area contributed by atoms with Crippen LogP contribution in [0.25, 0.3) is 0 Å². The standard InChI is InChI=1S/C19H19F6N3O6S2/c1-3-13-15(33-35(29,30)18(20,21)22)26-17(27-16(13)34-36(31,32)19(23,24)25)28-10-4-5-14(28)12-8-6-11(2)7-9-12/h6-9,14H,3-5,10H2,1-2H3/t14-/m0/s1. The average molecular weight is 563 g/mol. The number of rotatable bonds is 7. The number of halogens is 6. The van der Waals surface area contributed by atoms with E-state index < -0.39 is 67.0 Å². The van der Waals surface area contributed by atoms with Crippen molar-refractivity contribution in [1.29, 1.82) is 0 Å². The molecule has 0 bridgehead atoms. The molecule has 1 aromatic heterocycles. The highest BCUT2D eigenvalue weighted by Crippen LogP contribution is 2.40. The molecule has 0 radical (unpaired) electrons. The van der Waals surface area contributed by atoms with Crippen molar-refractivity contribution >= 4 is 26.2 Å². The second-order valence-corrected chi connectivity index (χ2v) is 10.8. The molecule has 36 heavy (non-hydrogen) atoms. The molecule has 1 atom stereocenters. The van der Waals surface area contributed by atoms with Crippen LogP contribution in [0.3, 0.4) is 0 Å². The van der Waals surface area contributed by atoms with E-state index in [0.29, 0.717) is 18.4 Å². The van der Waals surface area contributed by atoms with E-state index in [9.17, 15) is 43.2 Å². The number of alkyl halides is 6. The molecule has 9 nitrogen and oxygen atoms in total. The lowest BCUT2D eigenvalue weighted by molar-refractivity contribution is -0.0503. The van der Waals surface area contributed by atoms with Crippen LogP contribution < -0.4 is 13.3 Å². The molecular formula is C19H19F6N3O6S2. The molecule has 1 saturated heterocycles. The second-order valence-electron chi connectivity index (χ2n) is 7.69. The van der Waals surface area contributed by atoms with Crippen molar-refractivity contribution in [3.63, 3.8) is 0 Å². The fourth-order valence-corrected chi connectivity index (χ4v) is 4.33. The zero-order chi connectivity index (χ0) is 27.1. The summed E-state index contributed by atoms with van der Waals surface area (Å²) in [5.41, 5.74) is -11.0. The van der Waals surface area contributed by atoms with Crippen molar-refractivity contribution in [1.82, 2.24) is 9.97 Å². The molecule has 1 aliphatic rings. The lowest BCUT2D eigenvalue weighted by Crippen LogP contribution is -2.31. The fraction of sp³-hybridized carbons (Fsp3) is 0.474. The minimum atomic E-state index is -6.32. The molecule has 17 heteroatoms. The summed E-state index contributed by atoms with van der Waals surface area (Å²) in [4.78, 5) is 8.83. The number of anilines is 1. The third-order valence-corrected chi connectivity index (χ3v) is 7.08. The maximum atomic E-state index is 13.0. The molecule has 0 saturated carbocycles. The third kappa shape index (κ3) is 5.61. The Morgan fingerprint density at radius 2 is 1.39 bits per heavy atom. The van der Waals surface area contributed by atoms with Crippen LogP contribution in [0.5, 0.6) is 11.8 Å². The van der Waals surface area contributed by atoms with Gasteiger partial charge < -0.3 is 13.3 Å². The number of hydrogen-bond donors (Lipinski definition) is 0. The monoisotopic (exact) mass is 563 g/mol. The van der Waals surface area contributed by atoms with Gasteiger partial charge in [0.15, 0.2) is 0 Å². The summed E-state index contributed by atoms with van der Waals surface area (Å²) in [6, 6.07) is 6.55. The van der Waals surface area contributed by atoms with Crippen LogP contribution in [0.15, 0.2) is 24.3 Å². The molecule has 0 aliphatic carbocycles. The van der Waals surface area contributed by atoms with Gasteiger partial charge in [-0.05, 0) is 31.7 Å². The minimum Gasteiger partial charge on any atom is -0.355 e. The molecule has 1 fully saturated rings. The van der Waals surface area contributed by atoms with E-state index in [1.54, 1.807) is 24.3 Å². The summed E-state index contributed by atoms with van der Waals surface area (Å²) in [5, 5.41) is 0. The lowest BCUT2D eigenvalue weighted by Gasteiger charge is -2.26. The Bertz CT molecular complexity index is 1260. The first-order valence-electron chi connectivity index (χ1n) is 10.2. The van der Waals surface area contributed by atoms with E-state index in [1.165, 1.54) is 11.8 Å². The van der Waals surface area contributed by atoms with Crippen molar-refractivity contribution in [2.75, 3.05) is 11.4 Å². The molecule has 0 spiro atoms. The summed E-state index contributed by atoms with van der Waals surface area (Å²) >= 11 is 0. The van der Waals surface area contributed by atoms with Gasteiger partial charge in [0.05, 0.1) is 11.6 Å². The van der Waals surface area contributed by atoms with Crippen LogP contribution in [0.4, 0.5) is 32.3 Å². The van der Waals surface area contributed by atoms with Crippen LogP contribution in [-0.2, 0) is 26.7 Å². The van der Waals surface area contributed by atoms with Crippen LogP contribution in [0, 0.1) is 6.92 Å². The Morgan fingerprint density at radius 1 is 0.917 bits per heavy atom. The van der Waals surface area contributed by atoms with Crippen LogP contribution >= 0.6 is 0 Å². The first-order chi connectivity index (χ1) is 16.5. The van der Waals surface area contributed by atoms with E-state index in [4.69, 9.17) is 0 Å². The van der Waals surface area contributed by atoms with Gasteiger partial charge in [-0.2, -0.15) is 53.1 Å². The van der Waals surface area contributed by atoms with Crippen molar-refractivity contribution < 1.29 is 51.5 Å². The minimum absolute atomic E-state index is 0.168. The highest BCUT2D eigenvalue weighted by atomic mass is 32.2. The molecule has 0 amide bonds. The summed E-state index contributed by atoms with van der Waals surface area (Å²) in [5.74, 6) is -3.18. The van der Waals surface area contributed by atoms with E-state index in [-0.39, 0.29) is 6.54 Å². The number of nitrogens with zero attached hydrogens (tertiary/aromatic N) is 3. The average Bonchev–Trinajstić information content (AvgIpc) is 3.22. The number of aryl methyl sites for hydroxylation is 1. The number of aromatic nitrogens is 2. The van der Waals surface area contributed by atoms with E-state index in [1.807, 2.05) is 6.92 Å². The van der Waals surface area contributed by atoms with Crippen LogP contribution in [0.1, 0.15) is 42.5 Å². The van der Waals surface area contributed by atoms with Crippen molar-refractivity contribution in [2.24, 2.45) is 0 Å². The van der Waals surface area contributed by atoms with Gasteiger partial charge in [-0.1, -0.05) is 36.8 Å². The zero-order valence-corrected chi connectivity index (χ0v) is 20.2. The predicted molar refractivity (Wildman–Crippen MR) is 113 cm³/mol. The summed E-state index contributed by atoms with van der Waals surface area (Å²) in [6.45, 7) is 3.17. The fourth-order valence-electron chi connectivity index (χ4n) is 3.45. The molecule has 2 aromatic rings. The Morgan fingerprint density at radius 3 is 1.81 bits per heavy atom. The summed E-state index contributed by atoms with van der Waals surface area (Å²) < 4.78 is 132. The van der Waals surface area contributed by atoms with E-state index in [0.717, 1.165) is 5.56 Å². The maximum Gasteiger partial charge on any atom is 0.534 e. The second kappa shape index (κ2) is 9.57. The van der Waals surface area contributed by atoms with Crippen LogP contribution in [-0.4, -0.2) is 44.4 Å². The topological polar surface area (TPSA) is 116 Å². The maximum absolute atomic E-state index is 13.0. The van der Waals surface area contributed by atoms with Gasteiger partial charge in [0.2, 0.25) is 17.7 Å². The van der Waals surface area contributed by atoms with Gasteiger partial charge in [0.25, 0.3) is 0 Å². The van der Waals surface area contributed by atoms with Gasteiger partial charge in [-0.15, -0.1) is 0 Å². The molecule has 0 unspecified atom stereocenters. The highest BCUT2D eigenvalue weighted by Gasteiger charge is 2.51. The van der Waals surface area contributed by atoms with Crippen LogP contribution in [0.2, 0.25) is 0 Å². The molecular weight excluding hydrogens is 544 g/mol. The lowest BCUT2D eigenvalue weighted by atomic mass is 10.0. The first kappa shape index (κ1) is 27.8. The SMILES string of the molecule is CCc1c(OS(=O)(=O)C(F)(F)F)nc(N2CCC[C@H]2c2ccc(C)cc2)nc1OS(=O)(=O)C(F)(F)F. The molecule has 200 valence electrons. The molecule has 3 rings (SSSR count). The summed E-state index contributed by atoms with van der Waals surface area (Å²) in [6.07, 6.45) is 0.453. The summed E-state index contributed by atoms with van der Waals surface area (Å²) in [7, 11) is -12.6. The molecule has 1 aliphatic heterocycles. The first-order valence-corrected chi connectivity index (χ1v) is 13.0. The zero-order valence-electron chi connectivity index (χ0n) is 18.6. The van der Waals surface area contributed by atoms with E-state index in [2.05, 4.69) is 18.3 Å². The van der Waals surface area contributed by atoms with Gasteiger partial charge in [-0.3, -0.25) is 0 Å².